The maximum absolute atomic E-state index is 12.8. The number of hydrogen-bond acceptors (Lipinski definition) is 5. The minimum absolute atomic E-state index is 0.113. The number of carbonyl (C=O) groups is 3. The van der Waals surface area contributed by atoms with Gasteiger partial charge in [-0.1, -0.05) is 12.1 Å². The van der Waals surface area contributed by atoms with E-state index in [-0.39, 0.29) is 24.1 Å². The molecule has 2 bridgehead atoms. The average molecular weight is 396 g/mol. The summed E-state index contributed by atoms with van der Waals surface area (Å²) in [5.74, 6) is -0.734. The number of piperidine rings is 3. The zero-order chi connectivity index (χ0) is 20.0. The molecule has 6 rings (SSSR count). The van der Waals surface area contributed by atoms with E-state index in [1.54, 1.807) is 4.90 Å². The van der Waals surface area contributed by atoms with Crippen molar-refractivity contribution >= 4 is 17.7 Å². The first-order valence-electron chi connectivity index (χ1n) is 10.7. The van der Waals surface area contributed by atoms with Gasteiger partial charge in [-0.25, -0.2) is 0 Å². The van der Waals surface area contributed by atoms with Crippen LogP contribution < -0.4 is 16.0 Å². The van der Waals surface area contributed by atoms with Gasteiger partial charge in [-0.2, -0.15) is 0 Å². The van der Waals surface area contributed by atoms with Crippen molar-refractivity contribution in [3.05, 3.63) is 34.9 Å². The van der Waals surface area contributed by atoms with E-state index in [4.69, 9.17) is 0 Å². The van der Waals surface area contributed by atoms with Gasteiger partial charge in [0.2, 0.25) is 11.8 Å². The number of benzene rings is 1. The Hall–Kier alpha value is -2.25. The van der Waals surface area contributed by atoms with Crippen molar-refractivity contribution in [3.8, 4) is 0 Å². The number of carbonyl (C=O) groups excluding carboxylic acids is 3. The van der Waals surface area contributed by atoms with E-state index in [0.717, 1.165) is 36.8 Å². The predicted octanol–water partition coefficient (Wildman–Crippen LogP) is 1.07. The van der Waals surface area contributed by atoms with Gasteiger partial charge in [0.05, 0.1) is 0 Å². The summed E-state index contributed by atoms with van der Waals surface area (Å²) >= 11 is 0. The molecule has 4 fully saturated rings. The quantitative estimate of drug-likeness (QED) is 0.648. The molecule has 1 saturated carbocycles. The molecule has 1 aromatic carbocycles. The Balaban J connectivity index is 1.22. The largest absolute Gasteiger partial charge is 0.322 e. The van der Waals surface area contributed by atoms with Gasteiger partial charge in [-0.05, 0) is 54.7 Å². The third kappa shape index (κ3) is 3.46. The summed E-state index contributed by atoms with van der Waals surface area (Å²) in [7, 11) is 0. The van der Waals surface area contributed by atoms with Gasteiger partial charge in [0.15, 0.2) is 0 Å². The molecular formula is C22H28N4O3. The summed E-state index contributed by atoms with van der Waals surface area (Å²) in [6, 6.07) is 6.15. The minimum atomic E-state index is -0.554. The summed E-state index contributed by atoms with van der Waals surface area (Å²) in [6.07, 6.45) is 5.87. The molecule has 1 aromatic rings. The Morgan fingerprint density at radius 1 is 1.14 bits per heavy atom. The zero-order valence-electron chi connectivity index (χ0n) is 16.6. The van der Waals surface area contributed by atoms with E-state index < -0.39 is 6.04 Å². The topological polar surface area (TPSA) is 90.5 Å². The first-order valence-corrected chi connectivity index (χ1v) is 10.7. The van der Waals surface area contributed by atoms with Gasteiger partial charge in [0, 0.05) is 44.2 Å². The van der Waals surface area contributed by atoms with Gasteiger partial charge < -0.3 is 15.5 Å². The van der Waals surface area contributed by atoms with Crippen LogP contribution in [0.15, 0.2) is 18.2 Å². The summed E-state index contributed by atoms with van der Waals surface area (Å²) in [4.78, 5) is 37.9. The lowest BCUT2D eigenvalue weighted by Gasteiger charge is -2.47. The molecule has 5 aliphatic rings. The molecule has 3 N–H and O–H groups in total. The summed E-state index contributed by atoms with van der Waals surface area (Å²) in [6.45, 7) is 3.35. The van der Waals surface area contributed by atoms with Crippen molar-refractivity contribution in [2.24, 2.45) is 5.41 Å². The molecule has 4 heterocycles. The third-order valence-corrected chi connectivity index (χ3v) is 7.23. The molecule has 0 radical (unpaired) electrons. The van der Waals surface area contributed by atoms with Gasteiger partial charge in [0.25, 0.3) is 5.91 Å². The second-order valence-electron chi connectivity index (χ2n) is 9.15. The zero-order valence-corrected chi connectivity index (χ0v) is 16.6. The van der Waals surface area contributed by atoms with Gasteiger partial charge in [0.1, 0.15) is 6.04 Å². The maximum Gasteiger partial charge on any atom is 0.255 e. The Morgan fingerprint density at radius 2 is 1.97 bits per heavy atom. The molecule has 3 saturated heterocycles. The number of hydrogen-bond donors (Lipinski definition) is 3. The van der Waals surface area contributed by atoms with Crippen molar-refractivity contribution in [1.82, 2.24) is 20.9 Å². The molecule has 7 heteroatoms. The number of fused-ring (bicyclic) bond motifs is 4. The molecule has 0 aromatic heterocycles. The Kier molecular flexibility index (Phi) is 4.67. The normalized spacial score (nSPS) is 31.2. The van der Waals surface area contributed by atoms with Crippen molar-refractivity contribution in [2.75, 3.05) is 13.1 Å². The van der Waals surface area contributed by atoms with Crippen LogP contribution in [0.25, 0.3) is 0 Å². The lowest BCUT2D eigenvalue weighted by molar-refractivity contribution is -0.136. The highest BCUT2D eigenvalue weighted by molar-refractivity contribution is 6.05. The smallest absolute Gasteiger partial charge is 0.255 e. The van der Waals surface area contributed by atoms with Crippen molar-refractivity contribution in [1.29, 1.82) is 0 Å². The number of imide groups is 1. The van der Waals surface area contributed by atoms with Crippen LogP contribution in [0.4, 0.5) is 0 Å². The molecule has 154 valence electrons. The average Bonchev–Trinajstić information content (AvgIpc) is 3.05. The third-order valence-electron chi connectivity index (χ3n) is 7.23. The van der Waals surface area contributed by atoms with Crippen LogP contribution in [-0.4, -0.2) is 47.8 Å². The van der Waals surface area contributed by atoms with Crippen LogP contribution in [0.1, 0.15) is 60.0 Å². The van der Waals surface area contributed by atoms with E-state index in [1.807, 2.05) is 12.1 Å². The van der Waals surface area contributed by atoms with Crippen molar-refractivity contribution in [2.45, 2.75) is 63.7 Å². The molecule has 1 unspecified atom stereocenters. The molecule has 4 aliphatic heterocycles. The van der Waals surface area contributed by atoms with Crippen LogP contribution in [-0.2, 0) is 22.7 Å². The first-order chi connectivity index (χ1) is 14.0. The van der Waals surface area contributed by atoms with Gasteiger partial charge >= 0.3 is 0 Å². The highest BCUT2D eigenvalue weighted by Crippen LogP contribution is 2.39. The fraction of sp³-hybridized carbons (Fsp3) is 0.591. The van der Waals surface area contributed by atoms with E-state index >= 15 is 0 Å². The van der Waals surface area contributed by atoms with E-state index in [0.29, 0.717) is 23.9 Å². The lowest BCUT2D eigenvalue weighted by Crippen LogP contribution is -2.55. The molecule has 7 nitrogen and oxygen atoms in total. The summed E-state index contributed by atoms with van der Waals surface area (Å²) < 4.78 is 0. The van der Waals surface area contributed by atoms with E-state index in [1.165, 1.54) is 25.7 Å². The maximum atomic E-state index is 12.8. The molecule has 1 aliphatic carbocycles. The van der Waals surface area contributed by atoms with Crippen LogP contribution >= 0.6 is 0 Å². The first kappa shape index (κ1) is 18.8. The SMILES string of the molecule is O=C1CCC(N2Cc3cc(CNCC45CCC(CC4)NC5)ccc3C2=O)C(=O)N1. The van der Waals surface area contributed by atoms with E-state index in [2.05, 4.69) is 22.0 Å². The Bertz CT molecular complexity index is 846. The van der Waals surface area contributed by atoms with Crippen LogP contribution in [0.5, 0.6) is 0 Å². The molecule has 3 amide bonds. The number of rotatable bonds is 5. The predicted molar refractivity (Wildman–Crippen MR) is 107 cm³/mol. The minimum Gasteiger partial charge on any atom is -0.322 e. The van der Waals surface area contributed by atoms with Gasteiger partial charge in [-0.15, -0.1) is 0 Å². The molecule has 0 spiro atoms. The summed E-state index contributed by atoms with van der Waals surface area (Å²) in [5, 5.41) is 9.64. The fourth-order valence-corrected chi connectivity index (χ4v) is 5.42. The lowest BCUT2D eigenvalue weighted by atomic mass is 9.68. The highest BCUT2D eigenvalue weighted by atomic mass is 16.2. The van der Waals surface area contributed by atoms with Crippen molar-refractivity contribution in [3.63, 3.8) is 0 Å². The molecule has 1 atom stereocenters. The number of nitrogens with one attached hydrogen (secondary N) is 3. The number of nitrogens with zero attached hydrogens (tertiary/aromatic N) is 1. The highest BCUT2D eigenvalue weighted by Gasteiger charge is 2.40. The van der Waals surface area contributed by atoms with Crippen LogP contribution in [0.2, 0.25) is 0 Å². The van der Waals surface area contributed by atoms with Crippen molar-refractivity contribution < 1.29 is 14.4 Å². The standard InChI is InChI=1S/C22H28N4O3/c27-19-4-3-18(20(28)25-19)26-11-15-9-14(1-2-17(15)21(26)29)10-23-12-22-7-5-16(6-8-22)24-13-22/h1-2,9,16,18,23-24H,3-8,10-13H2,(H,25,27,28). The monoisotopic (exact) mass is 396 g/mol. The fourth-order valence-electron chi connectivity index (χ4n) is 5.42. The van der Waals surface area contributed by atoms with Gasteiger partial charge in [-0.3, -0.25) is 19.7 Å². The molecular weight excluding hydrogens is 368 g/mol. The van der Waals surface area contributed by atoms with Crippen LogP contribution in [0, 0.1) is 5.41 Å². The number of amides is 3. The summed E-state index contributed by atoms with van der Waals surface area (Å²) in [5.41, 5.74) is 3.20. The Labute approximate surface area is 170 Å². The Morgan fingerprint density at radius 3 is 2.69 bits per heavy atom. The second-order valence-corrected chi connectivity index (χ2v) is 9.15. The van der Waals surface area contributed by atoms with Crippen LogP contribution in [0.3, 0.4) is 0 Å². The molecule has 29 heavy (non-hydrogen) atoms. The second kappa shape index (κ2) is 7.22. The van der Waals surface area contributed by atoms with E-state index in [9.17, 15) is 14.4 Å².